The fourth-order valence-corrected chi connectivity index (χ4v) is 2.60. The predicted octanol–water partition coefficient (Wildman–Crippen LogP) is 4.35. The lowest BCUT2D eigenvalue weighted by molar-refractivity contribution is 0.367. The van der Waals surface area contributed by atoms with Gasteiger partial charge in [0, 0.05) is 12.5 Å². The zero-order valence-electron chi connectivity index (χ0n) is 12.2. The minimum Gasteiger partial charge on any atom is -0.308 e. The first-order valence-corrected chi connectivity index (χ1v) is 6.98. The van der Waals surface area contributed by atoms with Gasteiger partial charge in [-0.05, 0) is 52.3 Å². The molecule has 18 heavy (non-hydrogen) atoms. The van der Waals surface area contributed by atoms with Gasteiger partial charge in [0.1, 0.15) is 0 Å². The van der Waals surface area contributed by atoms with E-state index in [0.717, 1.165) is 6.54 Å². The van der Waals surface area contributed by atoms with Gasteiger partial charge < -0.3 is 4.90 Å². The fourth-order valence-electron chi connectivity index (χ4n) is 2.60. The molecule has 0 fully saturated rings. The van der Waals surface area contributed by atoms with Crippen molar-refractivity contribution in [2.45, 2.75) is 32.6 Å². The number of allylic oxidation sites excluding steroid dienone is 5. The Balaban J connectivity index is 2.97. The van der Waals surface area contributed by atoms with Gasteiger partial charge in [-0.3, -0.25) is 0 Å². The van der Waals surface area contributed by atoms with E-state index in [9.17, 15) is 0 Å². The lowest BCUT2D eigenvalue weighted by Gasteiger charge is -2.27. The summed E-state index contributed by atoms with van der Waals surface area (Å²) in [4.78, 5) is 2.28. The third-order valence-corrected chi connectivity index (χ3v) is 3.39. The first-order chi connectivity index (χ1) is 8.69. The minimum atomic E-state index is 0.523. The molecule has 1 rings (SSSR count). The van der Waals surface area contributed by atoms with Crippen molar-refractivity contribution < 1.29 is 0 Å². The van der Waals surface area contributed by atoms with Crippen LogP contribution in [0.2, 0.25) is 0 Å². The Bertz CT molecular complexity index is 345. The maximum atomic E-state index is 3.85. The van der Waals surface area contributed by atoms with E-state index < -0.39 is 0 Å². The molecule has 1 nitrogen and oxygen atoms in total. The standard InChI is InChI=1S/C17H27N/c1-5-10-15(11-6-2)17(14-18(3)4)16-12-8-7-9-13-16/h5-6,10-12,17H,1,7-9,13-14H2,2-4H3/b11-6-,15-10+. The molecule has 0 saturated carbocycles. The highest BCUT2D eigenvalue weighted by atomic mass is 15.1. The first-order valence-electron chi connectivity index (χ1n) is 6.98. The van der Waals surface area contributed by atoms with Gasteiger partial charge in [-0.15, -0.1) is 0 Å². The van der Waals surface area contributed by atoms with Gasteiger partial charge in [-0.1, -0.05) is 42.5 Å². The summed E-state index contributed by atoms with van der Waals surface area (Å²) in [5.41, 5.74) is 3.00. The molecule has 0 saturated heterocycles. The first kappa shape index (κ1) is 15.0. The summed E-state index contributed by atoms with van der Waals surface area (Å²) in [6, 6.07) is 0. The Kier molecular flexibility index (Phi) is 6.74. The molecule has 1 aliphatic carbocycles. The second-order valence-electron chi connectivity index (χ2n) is 5.24. The normalized spacial score (nSPS) is 19.1. The third-order valence-electron chi connectivity index (χ3n) is 3.39. The Morgan fingerprint density at radius 2 is 2.22 bits per heavy atom. The maximum absolute atomic E-state index is 3.85. The van der Waals surface area contributed by atoms with Gasteiger partial charge in [-0.25, -0.2) is 0 Å². The smallest absolute Gasteiger partial charge is 0.0175 e. The molecule has 1 atom stereocenters. The van der Waals surface area contributed by atoms with Crippen molar-refractivity contribution in [1.29, 1.82) is 0 Å². The lowest BCUT2D eigenvalue weighted by atomic mass is 9.83. The predicted molar refractivity (Wildman–Crippen MR) is 81.7 cm³/mol. The van der Waals surface area contributed by atoms with Crippen LogP contribution in [0.15, 0.2) is 48.1 Å². The lowest BCUT2D eigenvalue weighted by Crippen LogP contribution is -2.25. The van der Waals surface area contributed by atoms with Gasteiger partial charge >= 0.3 is 0 Å². The highest BCUT2D eigenvalue weighted by Crippen LogP contribution is 2.30. The zero-order chi connectivity index (χ0) is 13.4. The molecule has 0 aromatic carbocycles. The maximum Gasteiger partial charge on any atom is 0.0175 e. The number of hydrogen-bond acceptors (Lipinski definition) is 1. The van der Waals surface area contributed by atoms with Crippen LogP contribution in [0.1, 0.15) is 32.6 Å². The Hall–Kier alpha value is -1.08. The van der Waals surface area contributed by atoms with E-state index in [1.807, 2.05) is 6.08 Å². The molecule has 0 heterocycles. The van der Waals surface area contributed by atoms with E-state index in [0.29, 0.717) is 5.92 Å². The van der Waals surface area contributed by atoms with Crippen molar-refractivity contribution >= 4 is 0 Å². The molecular formula is C17H27N. The van der Waals surface area contributed by atoms with Crippen LogP contribution in [0.3, 0.4) is 0 Å². The Morgan fingerprint density at radius 1 is 1.44 bits per heavy atom. The summed E-state index contributed by atoms with van der Waals surface area (Å²) in [6.45, 7) is 7.01. The van der Waals surface area contributed by atoms with Crippen LogP contribution in [-0.2, 0) is 0 Å². The molecule has 1 unspecified atom stereocenters. The summed E-state index contributed by atoms with van der Waals surface area (Å²) in [6.07, 6.45) is 16.1. The second kappa shape index (κ2) is 8.10. The molecule has 0 bridgehead atoms. The summed E-state index contributed by atoms with van der Waals surface area (Å²) in [5, 5.41) is 0. The largest absolute Gasteiger partial charge is 0.308 e. The van der Waals surface area contributed by atoms with Gasteiger partial charge in [0.2, 0.25) is 0 Å². The van der Waals surface area contributed by atoms with E-state index in [2.05, 4.69) is 56.8 Å². The van der Waals surface area contributed by atoms with Crippen LogP contribution < -0.4 is 0 Å². The van der Waals surface area contributed by atoms with Crippen molar-refractivity contribution in [3.8, 4) is 0 Å². The van der Waals surface area contributed by atoms with Crippen molar-refractivity contribution in [3.63, 3.8) is 0 Å². The molecule has 1 aliphatic rings. The second-order valence-corrected chi connectivity index (χ2v) is 5.24. The fraction of sp³-hybridized carbons (Fsp3) is 0.529. The third kappa shape index (κ3) is 4.66. The SMILES string of the molecule is C=C/C=C(\C=C/C)C(CN(C)C)C1=CCCCC1. The number of nitrogens with zero attached hydrogens (tertiary/aromatic N) is 1. The van der Waals surface area contributed by atoms with Gasteiger partial charge in [-0.2, -0.15) is 0 Å². The van der Waals surface area contributed by atoms with Crippen molar-refractivity contribution in [1.82, 2.24) is 4.90 Å². The van der Waals surface area contributed by atoms with E-state index in [1.54, 1.807) is 5.57 Å². The molecule has 0 N–H and O–H groups in total. The van der Waals surface area contributed by atoms with Gasteiger partial charge in [0.05, 0.1) is 0 Å². The van der Waals surface area contributed by atoms with E-state index >= 15 is 0 Å². The van der Waals surface area contributed by atoms with Crippen molar-refractivity contribution in [3.05, 3.63) is 48.1 Å². The monoisotopic (exact) mass is 245 g/mol. The van der Waals surface area contributed by atoms with Crippen LogP contribution in [0.4, 0.5) is 0 Å². The number of rotatable bonds is 6. The highest BCUT2D eigenvalue weighted by Gasteiger charge is 2.19. The molecular weight excluding hydrogens is 218 g/mol. The summed E-state index contributed by atoms with van der Waals surface area (Å²) in [7, 11) is 4.30. The molecule has 0 amide bonds. The topological polar surface area (TPSA) is 3.24 Å². The quantitative estimate of drug-likeness (QED) is 0.496. The van der Waals surface area contributed by atoms with Crippen LogP contribution in [0.25, 0.3) is 0 Å². The van der Waals surface area contributed by atoms with Crippen molar-refractivity contribution in [2.75, 3.05) is 20.6 Å². The Labute approximate surface area is 113 Å². The molecule has 100 valence electrons. The summed E-state index contributed by atoms with van der Waals surface area (Å²) in [5.74, 6) is 0.523. The Morgan fingerprint density at radius 3 is 2.72 bits per heavy atom. The minimum absolute atomic E-state index is 0.523. The van der Waals surface area contributed by atoms with Crippen LogP contribution >= 0.6 is 0 Å². The summed E-state index contributed by atoms with van der Waals surface area (Å²) >= 11 is 0. The van der Waals surface area contributed by atoms with Crippen LogP contribution in [0.5, 0.6) is 0 Å². The molecule has 0 aliphatic heterocycles. The van der Waals surface area contributed by atoms with E-state index in [4.69, 9.17) is 0 Å². The van der Waals surface area contributed by atoms with Crippen LogP contribution in [-0.4, -0.2) is 25.5 Å². The molecule has 1 heteroatoms. The van der Waals surface area contributed by atoms with Crippen LogP contribution in [0, 0.1) is 5.92 Å². The van der Waals surface area contributed by atoms with Gasteiger partial charge in [0.15, 0.2) is 0 Å². The number of hydrogen-bond donors (Lipinski definition) is 0. The molecule has 0 aromatic heterocycles. The van der Waals surface area contributed by atoms with Crippen molar-refractivity contribution in [2.24, 2.45) is 5.92 Å². The molecule has 0 spiro atoms. The average Bonchev–Trinajstić information content (AvgIpc) is 2.37. The average molecular weight is 245 g/mol. The molecule has 0 aromatic rings. The highest BCUT2D eigenvalue weighted by molar-refractivity contribution is 5.33. The van der Waals surface area contributed by atoms with E-state index in [-0.39, 0.29) is 0 Å². The molecule has 0 radical (unpaired) electrons. The summed E-state index contributed by atoms with van der Waals surface area (Å²) < 4.78 is 0. The zero-order valence-corrected chi connectivity index (χ0v) is 12.2. The van der Waals surface area contributed by atoms with E-state index in [1.165, 1.54) is 31.3 Å². The van der Waals surface area contributed by atoms with Gasteiger partial charge in [0.25, 0.3) is 0 Å².